The van der Waals surface area contributed by atoms with Crippen molar-refractivity contribution in [2.75, 3.05) is 0 Å². The topological polar surface area (TPSA) is 71.2 Å². The predicted molar refractivity (Wildman–Crippen MR) is 94.3 cm³/mol. The molecule has 1 aliphatic heterocycles. The van der Waals surface area contributed by atoms with Crippen LogP contribution in [0.3, 0.4) is 0 Å². The van der Waals surface area contributed by atoms with E-state index in [9.17, 15) is 22.8 Å². The lowest BCUT2D eigenvalue weighted by molar-refractivity contribution is -0.141. The number of benzene rings is 2. The van der Waals surface area contributed by atoms with Crippen LogP contribution in [-0.2, 0) is 6.18 Å². The number of para-hydroxylation sites is 2. The highest BCUT2D eigenvalue weighted by atomic mass is 19.4. The minimum Gasteiger partial charge on any atom is -0.457 e. The Balaban J connectivity index is 1.70. The zero-order chi connectivity index (χ0) is 19.9. The summed E-state index contributed by atoms with van der Waals surface area (Å²) in [6, 6.07) is 15.1. The zero-order valence-corrected chi connectivity index (χ0v) is 14.2. The van der Waals surface area contributed by atoms with Gasteiger partial charge in [-0.25, -0.2) is 0 Å². The molecule has 0 saturated heterocycles. The average Bonchev–Trinajstić information content (AvgIpc) is 2.67. The maximum atomic E-state index is 12.7. The van der Waals surface area contributed by atoms with Crippen LogP contribution >= 0.6 is 0 Å². The second-order valence-electron chi connectivity index (χ2n) is 6.20. The van der Waals surface area contributed by atoms with E-state index >= 15 is 0 Å². The molecule has 28 heavy (non-hydrogen) atoms. The van der Waals surface area contributed by atoms with Crippen LogP contribution in [0, 0.1) is 0 Å². The average molecular weight is 386 g/mol. The fourth-order valence-corrected chi connectivity index (χ4v) is 3.09. The summed E-state index contributed by atoms with van der Waals surface area (Å²) < 4.78 is 44.0. The van der Waals surface area contributed by atoms with Gasteiger partial charge in [0.25, 0.3) is 11.5 Å². The predicted octanol–water partition coefficient (Wildman–Crippen LogP) is 4.02. The van der Waals surface area contributed by atoms with Crippen LogP contribution in [0.25, 0.3) is 0 Å². The number of nitrogens with one attached hydrogen (secondary N) is 2. The molecule has 0 saturated carbocycles. The van der Waals surface area contributed by atoms with Crippen molar-refractivity contribution >= 4 is 5.91 Å². The Kier molecular flexibility index (Phi) is 4.18. The van der Waals surface area contributed by atoms with Crippen molar-refractivity contribution in [1.29, 1.82) is 0 Å². The molecular weight excluding hydrogens is 373 g/mol. The first-order valence-electron chi connectivity index (χ1n) is 8.31. The molecule has 2 aromatic carbocycles. The lowest BCUT2D eigenvalue weighted by Gasteiger charge is -2.28. The standard InChI is InChI=1S/C20H13F3N2O3/c21-20(22,23)16-10-9-13(18(26)24-16)19(27)25-17-11-5-1-3-7-14(11)28-15-8-4-2-6-12(15)17/h1-10,17H,(H,24,26)(H,25,27). The van der Waals surface area contributed by atoms with Crippen LogP contribution in [0.1, 0.15) is 33.2 Å². The van der Waals surface area contributed by atoms with Gasteiger partial charge in [-0.1, -0.05) is 36.4 Å². The van der Waals surface area contributed by atoms with E-state index in [4.69, 9.17) is 4.74 Å². The summed E-state index contributed by atoms with van der Waals surface area (Å²) >= 11 is 0. The number of halogens is 3. The molecule has 1 aliphatic rings. The number of hydrogen-bond acceptors (Lipinski definition) is 3. The molecule has 0 atom stereocenters. The first-order valence-corrected chi connectivity index (χ1v) is 8.31. The first kappa shape index (κ1) is 17.8. The molecule has 0 aliphatic carbocycles. The minimum atomic E-state index is -4.70. The van der Waals surface area contributed by atoms with E-state index in [1.54, 1.807) is 53.5 Å². The van der Waals surface area contributed by atoms with Crippen LogP contribution in [-0.4, -0.2) is 10.9 Å². The lowest BCUT2D eigenvalue weighted by Crippen LogP contribution is -2.35. The summed E-state index contributed by atoms with van der Waals surface area (Å²) in [6.07, 6.45) is -4.70. The van der Waals surface area contributed by atoms with Gasteiger partial charge in [-0.3, -0.25) is 9.59 Å². The summed E-state index contributed by atoms with van der Waals surface area (Å²) in [5.74, 6) is 0.312. The van der Waals surface area contributed by atoms with Crippen LogP contribution in [0.2, 0.25) is 0 Å². The molecule has 0 unspecified atom stereocenters. The second kappa shape index (κ2) is 6.56. The van der Waals surface area contributed by atoms with Gasteiger partial charge in [0.2, 0.25) is 0 Å². The van der Waals surface area contributed by atoms with Crippen molar-refractivity contribution in [3.8, 4) is 11.5 Å². The quantitative estimate of drug-likeness (QED) is 0.699. The molecule has 0 spiro atoms. The number of pyridine rings is 1. The highest BCUT2D eigenvalue weighted by molar-refractivity contribution is 5.94. The first-order chi connectivity index (χ1) is 13.3. The van der Waals surface area contributed by atoms with E-state index in [0.29, 0.717) is 28.7 Å². The smallest absolute Gasteiger partial charge is 0.431 e. The third-order valence-corrected chi connectivity index (χ3v) is 4.41. The minimum absolute atomic E-state index is 0.408. The number of aromatic nitrogens is 1. The van der Waals surface area contributed by atoms with E-state index in [-0.39, 0.29) is 0 Å². The van der Waals surface area contributed by atoms with E-state index in [2.05, 4.69) is 5.32 Å². The maximum Gasteiger partial charge on any atom is 0.431 e. The molecule has 0 bridgehead atoms. The van der Waals surface area contributed by atoms with Crippen molar-refractivity contribution in [2.45, 2.75) is 12.2 Å². The summed E-state index contributed by atoms with van der Waals surface area (Å²) in [5.41, 5.74) is -1.37. The van der Waals surface area contributed by atoms with E-state index < -0.39 is 34.9 Å². The molecule has 1 aromatic heterocycles. The second-order valence-corrected chi connectivity index (χ2v) is 6.20. The van der Waals surface area contributed by atoms with Gasteiger partial charge in [-0.15, -0.1) is 0 Å². The zero-order valence-electron chi connectivity index (χ0n) is 14.2. The van der Waals surface area contributed by atoms with E-state index in [1.165, 1.54) is 0 Å². The third kappa shape index (κ3) is 3.13. The highest BCUT2D eigenvalue weighted by Gasteiger charge is 2.33. The number of hydrogen-bond donors (Lipinski definition) is 2. The Bertz CT molecular complexity index is 1080. The molecule has 0 radical (unpaired) electrons. The SMILES string of the molecule is O=C(NC1c2ccccc2Oc2ccccc21)c1ccc(C(F)(F)F)[nH]c1=O. The number of fused-ring (bicyclic) bond motifs is 2. The van der Waals surface area contributed by atoms with Crippen molar-refractivity contribution < 1.29 is 22.7 Å². The summed E-state index contributed by atoms with van der Waals surface area (Å²) in [5, 5.41) is 2.73. The number of rotatable bonds is 2. The number of H-pyrrole nitrogens is 1. The van der Waals surface area contributed by atoms with Gasteiger partial charge in [0.05, 0.1) is 6.04 Å². The Morgan fingerprint density at radius 1 is 0.929 bits per heavy atom. The molecule has 4 rings (SSSR count). The molecule has 8 heteroatoms. The molecule has 1 amide bonds. The highest BCUT2D eigenvalue weighted by Crippen LogP contribution is 2.42. The van der Waals surface area contributed by atoms with Gasteiger partial charge >= 0.3 is 6.18 Å². The number of amides is 1. The Morgan fingerprint density at radius 2 is 1.50 bits per heavy atom. The Morgan fingerprint density at radius 3 is 2.04 bits per heavy atom. The maximum absolute atomic E-state index is 12.7. The van der Waals surface area contributed by atoms with E-state index in [1.807, 2.05) is 0 Å². The summed E-state index contributed by atoms with van der Waals surface area (Å²) in [7, 11) is 0. The normalized spacial score (nSPS) is 13.2. The summed E-state index contributed by atoms with van der Waals surface area (Å²) in [4.78, 5) is 26.4. The van der Waals surface area contributed by atoms with Crippen molar-refractivity contribution in [3.05, 3.63) is 93.4 Å². The number of aromatic amines is 1. The van der Waals surface area contributed by atoms with Gasteiger partial charge in [-0.05, 0) is 24.3 Å². The van der Waals surface area contributed by atoms with Crippen LogP contribution in [0.5, 0.6) is 11.5 Å². The van der Waals surface area contributed by atoms with E-state index in [0.717, 1.165) is 6.07 Å². The summed E-state index contributed by atoms with van der Waals surface area (Å²) in [6.45, 7) is 0. The number of carbonyl (C=O) groups excluding carboxylic acids is 1. The fourth-order valence-electron chi connectivity index (χ4n) is 3.09. The molecule has 5 nitrogen and oxygen atoms in total. The fraction of sp³-hybridized carbons (Fsp3) is 0.100. The molecule has 2 heterocycles. The lowest BCUT2D eigenvalue weighted by atomic mass is 9.94. The van der Waals surface area contributed by atoms with Crippen LogP contribution < -0.4 is 15.6 Å². The van der Waals surface area contributed by atoms with Gasteiger partial charge < -0.3 is 15.0 Å². The molecule has 2 N–H and O–H groups in total. The number of carbonyl (C=O) groups is 1. The monoisotopic (exact) mass is 386 g/mol. The largest absolute Gasteiger partial charge is 0.457 e. The molecule has 3 aromatic rings. The number of ether oxygens (including phenoxy) is 1. The Labute approximate surface area is 156 Å². The van der Waals surface area contributed by atoms with Crippen molar-refractivity contribution in [3.63, 3.8) is 0 Å². The van der Waals surface area contributed by atoms with Crippen molar-refractivity contribution in [2.24, 2.45) is 0 Å². The van der Waals surface area contributed by atoms with Crippen LogP contribution in [0.4, 0.5) is 13.2 Å². The Hall–Kier alpha value is -3.55. The van der Waals surface area contributed by atoms with Gasteiger partial charge in [0, 0.05) is 11.1 Å². The van der Waals surface area contributed by atoms with Gasteiger partial charge in [-0.2, -0.15) is 13.2 Å². The van der Waals surface area contributed by atoms with Gasteiger partial charge in [0.15, 0.2) is 0 Å². The molecular formula is C20H13F3N2O3. The van der Waals surface area contributed by atoms with Crippen LogP contribution in [0.15, 0.2) is 65.5 Å². The van der Waals surface area contributed by atoms with Gasteiger partial charge in [0.1, 0.15) is 22.8 Å². The van der Waals surface area contributed by atoms with Crippen molar-refractivity contribution in [1.82, 2.24) is 10.3 Å². The molecule has 0 fully saturated rings. The number of alkyl halides is 3. The molecule has 142 valence electrons. The third-order valence-electron chi connectivity index (χ3n) is 4.41.